The van der Waals surface area contributed by atoms with E-state index in [4.69, 9.17) is 38.3 Å². The monoisotopic (exact) mass is 1030 g/mol. The van der Waals surface area contributed by atoms with Crippen LogP contribution < -0.4 is 16.0 Å². The van der Waals surface area contributed by atoms with Gasteiger partial charge in [0.15, 0.2) is 5.78 Å². The standard InChI is InChI=1S/C53H95N3O16/c1-51(2,3)70-48(63)27-23-21-19-17-15-13-11-10-12-14-16-18-20-22-26-45(59)55-43(50(65)72-53(7,8)9)29-31-46(60)56-42(49(64)71-52(4,5)6)28-30-44(58)54-32-34-67-36-37-68-39-41(57)25-24-33-66-35-38-69-40-47(61)62/h42-43H,10-40H2,1-9H3,(H,54,58)(H,55,59)(H,56,60)(H,61,62)/t42-,43-/m0/s1. The highest BCUT2D eigenvalue weighted by Gasteiger charge is 2.30. The molecule has 0 rings (SSSR count). The lowest BCUT2D eigenvalue weighted by atomic mass is 10.0. The maximum Gasteiger partial charge on any atom is 0.329 e. The van der Waals surface area contributed by atoms with Gasteiger partial charge >= 0.3 is 23.9 Å². The molecule has 0 heterocycles. The number of ether oxygens (including phenoxy) is 7. The first-order chi connectivity index (χ1) is 33.9. The molecule has 0 aliphatic heterocycles. The highest BCUT2D eigenvalue weighted by molar-refractivity contribution is 5.87. The third-order valence-electron chi connectivity index (χ3n) is 10.4. The maximum atomic E-state index is 13.2. The van der Waals surface area contributed by atoms with Crippen LogP contribution in [0.1, 0.15) is 204 Å². The number of Topliss-reactive ketones (excluding diaryl/α,β-unsaturated/α-hetero) is 1. The molecule has 0 fully saturated rings. The van der Waals surface area contributed by atoms with Crippen molar-refractivity contribution in [1.82, 2.24) is 16.0 Å². The van der Waals surface area contributed by atoms with Crippen molar-refractivity contribution in [3.63, 3.8) is 0 Å². The van der Waals surface area contributed by atoms with Crippen molar-refractivity contribution < 1.29 is 76.6 Å². The van der Waals surface area contributed by atoms with Gasteiger partial charge in [0.1, 0.15) is 42.1 Å². The molecule has 0 bridgehead atoms. The molecule has 0 aromatic heterocycles. The summed E-state index contributed by atoms with van der Waals surface area (Å²) in [4.78, 5) is 99.4. The summed E-state index contributed by atoms with van der Waals surface area (Å²) in [6.45, 7) is 16.8. The van der Waals surface area contributed by atoms with Crippen LogP contribution in [0, 0.1) is 0 Å². The molecule has 0 aromatic carbocycles. The van der Waals surface area contributed by atoms with E-state index in [1.165, 1.54) is 38.5 Å². The van der Waals surface area contributed by atoms with Crippen molar-refractivity contribution in [2.45, 2.75) is 232 Å². The molecule has 0 saturated carbocycles. The van der Waals surface area contributed by atoms with Gasteiger partial charge in [0.2, 0.25) is 17.7 Å². The second-order valence-corrected chi connectivity index (χ2v) is 21.1. The summed E-state index contributed by atoms with van der Waals surface area (Å²) in [6, 6.07) is -2.24. The van der Waals surface area contributed by atoms with E-state index in [0.717, 1.165) is 44.9 Å². The summed E-state index contributed by atoms with van der Waals surface area (Å²) in [5, 5.41) is 16.6. The van der Waals surface area contributed by atoms with E-state index < -0.39 is 52.7 Å². The van der Waals surface area contributed by atoms with E-state index in [9.17, 15) is 38.4 Å². The average molecular weight is 1030 g/mol. The number of ketones is 1. The van der Waals surface area contributed by atoms with Crippen molar-refractivity contribution in [1.29, 1.82) is 0 Å². The van der Waals surface area contributed by atoms with Gasteiger partial charge in [-0.3, -0.25) is 24.0 Å². The number of nitrogens with one attached hydrogen (secondary N) is 3. The topological polar surface area (TPSA) is 257 Å². The van der Waals surface area contributed by atoms with Crippen LogP contribution in [0.3, 0.4) is 0 Å². The van der Waals surface area contributed by atoms with Crippen LogP contribution in [0.4, 0.5) is 0 Å². The Labute approximate surface area is 430 Å². The Hall–Kier alpha value is -4.20. The summed E-state index contributed by atoms with van der Waals surface area (Å²) >= 11 is 0. The third kappa shape index (κ3) is 45.6. The SMILES string of the molecule is CC(C)(C)OC(=O)CCCCCCCCCCCCCCCCC(=O)N[C@@H](CCC(=O)N[C@@H](CCC(=O)NCCOCCOCC(=O)CCCOCCOCC(=O)O)C(=O)OC(C)(C)C)C(=O)OC(C)(C)C. The second kappa shape index (κ2) is 40.2. The summed E-state index contributed by atoms with van der Waals surface area (Å²) in [5.74, 6) is -3.91. The van der Waals surface area contributed by atoms with Crippen molar-refractivity contribution in [3.8, 4) is 0 Å². The Morgan fingerprint density at radius 3 is 1.25 bits per heavy atom. The molecule has 0 saturated heterocycles. The number of carbonyl (C=O) groups is 8. The van der Waals surface area contributed by atoms with Crippen LogP contribution in [0.15, 0.2) is 0 Å². The number of carboxylic acid groups (broad SMARTS) is 1. The molecule has 19 nitrogen and oxygen atoms in total. The zero-order valence-electron chi connectivity index (χ0n) is 45.6. The first-order valence-electron chi connectivity index (χ1n) is 26.4. The Balaban J connectivity index is 4.60. The van der Waals surface area contributed by atoms with Gasteiger partial charge in [0.05, 0.1) is 33.0 Å². The zero-order valence-corrected chi connectivity index (χ0v) is 45.6. The van der Waals surface area contributed by atoms with Gasteiger partial charge in [-0.15, -0.1) is 0 Å². The van der Waals surface area contributed by atoms with E-state index in [0.29, 0.717) is 25.9 Å². The van der Waals surface area contributed by atoms with Crippen molar-refractivity contribution >= 4 is 47.4 Å². The number of rotatable bonds is 44. The summed E-state index contributed by atoms with van der Waals surface area (Å²) in [7, 11) is 0. The third-order valence-corrected chi connectivity index (χ3v) is 10.4. The second-order valence-electron chi connectivity index (χ2n) is 21.1. The fourth-order valence-corrected chi connectivity index (χ4v) is 6.98. The fraction of sp³-hybridized carbons (Fsp3) is 0.849. The lowest BCUT2D eigenvalue weighted by Gasteiger charge is -2.26. The molecule has 0 radical (unpaired) electrons. The normalized spacial score (nSPS) is 12.6. The Kier molecular flexibility index (Phi) is 37.9. The van der Waals surface area contributed by atoms with Crippen molar-refractivity contribution in [2.24, 2.45) is 0 Å². The number of amides is 3. The lowest BCUT2D eigenvalue weighted by Crippen LogP contribution is -2.47. The Morgan fingerprint density at radius 2 is 0.792 bits per heavy atom. The quantitative estimate of drug-likeness (QED) is 0.0263. The fourth-order valence-electron chi connectivity index (χ4n) is 6.98. The van der Waals surface area contributed by atoms with Crippen molar-refractivity contribution in [3.05, 3.63) is 0 Å². The molecule has 0 aromatic rings. The molecule has 0 aliphatic rings. The minimum Gasteiger partial charge on any atom is -0.480 e. The van der Waals surface area contributed by atoms with Crippen LogP contribution in [0.5, 0.6) is 0 Å². The predicted molar refractivity (Wildman–Crippen MR) is 272 cm³/mol. The summed E-state index contributed by atoms with van der Waals surface area (Å²) in [6.07, 6.45) is 16.2. The molecule has 418 valence electrons. The van der Waals surface area contributed by atoms with Crippen LogP contribution in [0.25, 0.3) is 0 Å². The maximum absolute atomic E-state index is 13.2. The molecule has 0 unspecified atom stereocenters. The van der Waals surface area contributed by atoms with Crippen LogP contribution in [-0.4, -0.2) is 141 Å². The first-order valence-corrected chi connectivity index (χ1v) is 26.4. The molecule has 19 heteroatoms. The highest BCUT2D eigenvalue weighted by atomic mass is 16.6. The minimum atomic E-state index is -1.16. The summed E-state index contributed by atoms with van der Waals surface area (Å²) in [5.41, 5.74) is -2.12. The molecule has 0 aliphatic carbocycles. The Bertz CT molecular complexity index is 1550. The molecule has 0 spiro atoms. The molecule has 2 atom stereocenters. The molecular weight excluding hydrogens is 935 g/mol. The number of hydrogen-bond donors (Lipinski definition) is 4. The Morgan fingerprint density at radius 1 is 0.403 bits per heavy atom. The van der Waals surface area contributed by atoms with Crippen LogP contribution in [0.2, 0.25) is 0 Å². The lowest BCUT2D eigenvalue weighted by molar-refractivity contribution is -0.160. The van der Waals surface area contributed by atoms with Crippen LogP contribution in [-0.2, 0) is 71.5 Å². The van der Waals surface area contributed by atoms with E-state index in [1.54, 1.807) is 41.5 Å². The highest BCUT2D eigenvalue weighted by Crippen LogP contribution is 2.17. The molecular formula is C53H95N3O16. The van der Waals surface area contributed by atoms with Gasteiger partial charge in [0, 0.05) is 45.3 Å². The number of aliphatic carboxylic acids is 1. The molecule has 4 N–H and O–H groups in total. The van der Waals surface area contributed by atoms with E-state index in [2.05, 4.69) is 16.0 Å². The van der Waals surface area contributed by atoms with Gasteiger partial charge in [0.25, 0.3) is 0 Å². The van der Waals surface area contributed by atoms with E-state index in [1.807, 2.05) is 20.8 Å². The van der Waals surface area contributed by atoms with E-state index >= 15 is 0 Å². The smallest absolute Gasteiger partial charge is 0.329 e. The zero-order chi connectivity index (χ0) is 54.3. The number of carboxylic acids is 1. The average Bonchev–Trinajstić information content (AvgIpc) is 3.26. The number of esters is 3. The van der Waals surface area contributed by atoms with E-state index in [-0.39, 0.29) is 115 Å². The number of unbranched alkanes of at least 4 members (excludes halogenated alkanes) is 13. The van der Waals surface area contributed by atoms with Gasteiger partial charge in [-0.05, 0) is 94.4 Å². The van der Waals surface area contributed by atoms with Crippen LogP contribution >= 0.6 is 0 Å². The summed E-state index contributed by atoms with van der Waals surface area (Å²) < 4.78 is 37.4. The first kappa shape index (κ1) is 67.8. The van der Waals surface area contributed by atoms with Gasteiger partial charge in [-0.1, -0.05) is 77.0 Å². The molecule has 3 amide bonds. The largest absolute Gasteiger partial charge is 0.480 e. The van der Waals surface area contributed by atoms with Gasteiger partial charge < -0.3 is 54.2 Å². The number of hydrogen-bond acceptors (Lipinski definition) is 15. The van der Waals surface area contributed by atoms with Gasteiger partial charge in [-0.25, -0.2) is 14.4 Å². The van der Waals surface area contributed by atoms with Gasteiger partial charge in [-0.2, -0.15) is 0 Å². The predicted octanol–water partition coefficient (Wildman–Crippen LogP) is 7.40. The van der Waals surface area contributed by atoms with Crippen molar-refractivity contribution in [2.75, 3.05) is 59.4 Å². The molecule has 72 heavy (non-hydrogen) atoms. The minimum absolute atomic E-state index is 0.0588. The number of carbonyl (C=O) groups excluding carboxylic acids is 7.